The number of carbonyl (C=O) groups excluding carboxylic acids is 1. The lowest BCUT2D eigenvalue weighted by Gasteiger charge is -2.43. The molecule has 0 bridgehead atoms. The minimum absolute atomic E-state index is 0.0627. The van der Waals surface area contributed by atoms with E-state index in [2.05, 4.69) is 51.3 Å². The summed E-state index contributed by atoms with van der Waals surface area (Å²) in [5.74, 6) is 0.822. The summed E-state index contributed by atoms with van der Waals surface area (Å²) < 4.78 is 0. The molecule has 1 fully saturated rings. The molecule has 0 atom stereocenters. The van der Waals surface area contributed by atoms with Crippen LogP contribution >= 0.6 is 0 Å². The summed E-state index contributed by atoms with van der Waals surface area (Å²) in [5.41, 5.74) is 1.61. The molecule has 0 heterocycles. The van der Waals surface area contributed by atoms with E-state index in [9.17, 15) is 4.79 Å². The zero-order valence-electron chi connectivity index (χ0n) is 15.1. The Morgan fingerprint density at radius 3 is 2.46 bits per heavy atom. The molecule has 1 aliphatic rings. The van der Waals surface area contributed by atoms with Crippen LogP contribution in [0.1, 0.15) is 45.1 Å². The molecule has 1 aromatic rings. The van der Waals surface area contributed by atoms with Crippen molar-refractivity contribution < 1.29 is 4.79 Å². The van der Waals surface area contributed by atoms with E-state index in [1.165, 1.54) is 24.8 Å². The Morgan fingerprint density at radius 1 is 1.21 bits per heavy atom. The van der Waals surface area contributed by atoms with Gasteiger partial charge in [-0.15, -0.1) is 0 Å². The number of nitrogens with one attached hydrogen (secondary N) is 3. The first-order valence-electron chi connectivity index (χ1n) is 8.85. The van der Waals surface area contributed by atoms with Gasteiger partial charge in [0, 0.05) is 38.0 Å². The number of hydrogen-bond donors (Lipinski definition) is 3. The van der Waals surface area contributed by atoms with Gasteiger partial charge in [0.05, 0.1) is 0 Å². The zero-order chi connectivity index (χ0) is 17.4. The number of aliphatic imine (C=N–C) groups is 1. The lowest BCUT2D eigenvalue weighted by Crippen LogP contribution is -2.49. The van der Waals surface area contributed by atoms with E-state index < -0.39 is 0 Å². The van der Waals surface area contributed by atoms with Crippen molar-refractivity contribution in [2.75, 3.05) is 20.1 Å². The van der Waals surface area contributed by atoms with Crippen LogP contribution in [-0.2, 0) is 10.2 Å². The van der Waals surface area contributed by atoms with Crippen LogP contribution < -0.4 is 16.0 Å². The van der Waals surface area contributed by atoms with E-state index in [4.69, 9.17) is 0 Å². The Labute approximate surface area is 145 Å². The predicted molar refractivity (Wildman–Crippen MR) is 99.2 cm³/mol. The molecule has 0 aromatic heterocycles. The van der Waals surface area contributed by atoms with Gasteiger partial charge in [0.1, 0.15) is 0 Å². The van der Waals surface area contributed by atoms with Gasteiger partial charge in [-0.1, -0.05) is 36.8 Å². The average Bonchev–Trinajstić information content (AvgIpc) is 2.52. The summed E-state index contributed by atoms with van der Waals surface area (Å²) in [4.78, 5) is 15.9. The van der Waals surface area contributed by atoms with Gasteiger partial charge in [-0.2, -0.15) is 0 Å². The highest BCUT2D eigenvalue weighted by atomic mass is 16.1. The molecule has 5 heteroatoms. The minimum atomic E-state index is 0.0627. The van der Waals surface area contributed by atoms with Crippen LogP contribution in [-0.4, -0.2) is 38.0 Å². The Morgan fingerprint density at radius 2 is 1.92 bits per heavy atom. The van der Waals surface area contributed by atoms with E-state index >= 15 is 0 Å². The molecular weight excluding hydrogens is 300 g/mol. The second-order valence-corrected chi connectivity index (χ2v) is 6.82. The number of hydrogen-bond acceptors (Lipinski definition) is 2. The first-order valence-corrected chi connectivity index (χ1v) is 8.85. The molecule has 0 unspecified atom stereocenters. The molecule has 1 amide bonds. The SMILES string of the molecule is CN=C(NCCC(=O)NC(C)C)NCC1(c2ccccc2)CCC1. The monoisotopic (exact) mass is 330 g/mol. The third-order valence-electron chi connectivity index (χ3n) is 4.61. The molecule has 0 spiro atoms. The van der Waals surface area contributed by atoms with Gasteiger partial charge < -0.3 is 16.0 Å². The van der Waals surface area contributed by atoms with Gasteiger partial charge in [-0.3, -0.25) is 9.79 Å². The third-order valence-corrected chi connectivity index (χ3v) is 4.61. The van der Waals surface area contributed by atoms with E-state index in [0.29, 0.717) is 13.0 Å². The lowest BCUT2D eigenvalue weighted by molar-refractivity contribution is -0.121. The number of benzene rings is 1. The van der Waals surface area contributed by atoms with Gasteiger partial charge in [0.15, 0.2) is 5.96 Å². The van der Waals surface area contributed by atoms with Crippen molar-refractivity contribution >= 4 is 11.9 Å². The summed E-state index contributed by atoms with van der Waals surface area (Å²) in [6.07, 6.45) is 4.14. The topological polar surface area (TPSA) is 65.5 Å². The van der Waals surface area contributed by atoms with Crippen molar-refractivity contribution in [3.63, 3.8) is 0 Å². The molecule has 1 aromatic carbocycles. The van der Waals surface area contributed by atoms with Crippen molar-refractivity contribution in [3.8, 4) is 0 Å². The van der Waals surface area contributed by atoms with Gasteiger partial charge in [-0.05, 0) is 32.3 Å². The summed E-state index contributed by atoms with van der Waals surface area (Å²) in [5, 5.41) is 9.55. The fraction of sp³-hybridized carbons (Fsp3) is 0.579. The molecule has 1 aliphatic carbocycles. The first kappa shape index (κ1) is 18.3. The Hall–Kier alpha value is -2.04. The largest absolute Gasteiger partial charge is 0.356 e. The fourth-order valence-corrected chi connectivity index (χ4v) is 3.12. The maximum atomic E-state index is 11.7. The normalized spacial score (nSPS) is 16.4. The molecule has 5 nitrogen and oxygen atoms in total. The number of nitrogens with zero attached hydrogens (tertiary/aromatic N) is 1. The van der Waals surface area contributed by atoms with Gasteiger partial charge in [-0.25, -0.2) is 0 Å². The van der Waals surface area contributed by atoms with Crippen molar-refractivity contribution in [1.82, 2.24) is 16.0 Å². The minimum Gasteiger partial charge on any atom is -0.356 e. The lowest BCUT2D eigenvalue weighted by atomic mass is 9.64. The summed E-state index contributed by atoms with van der Waals surface area (Å²) in [7, 11) is 1.76. The Bertz CT molecular complexity index is 550. The van der Waals surface area contributed by atoms with E-state index in [1.807, 2.05) is 13.8 Å². The van der Waals surface area contributed by atoms with E-state index in [0.717, 1.165) is 12.5 Å². The van der Waals surface area contributed by atoms with Crippen LogP contribution in [0.3, 0.4) is 0 Å². The van der Waals surface area contributed by atoms with Crippen molar-refractivity contribution in [3.05, 3.63) is 35.9 Å². The fourth-order valence-electron chi connectivity index (χ4n) is 3.12. The quantitative estimate of drug-likeness (QED) is 0.530. The van der Waals surface area contributed by atoms with Crippen molar-refractivity contribution in [2.24, 2.45) is 4.99 Å². The zero-order valence-corrected chi connectivity index (χ0v) is 15.1. The highest BCUT2D eigenvalue weighted by Crippen LogP contribution is 2.43. The first-order chi connectivity index (χ1) is 11.6. The highest BCUT2D eigenvalue weighted by molar-refractivity contribution is 5.81. The number of amides is 1. The molecule has 0 aliphatic heterocycles. The molecule has 0 saturated heterocycles. The van der Waals surface area contributed by atoms with Crippen molar-refractivity contribution in [2.45, 2.75) is 51.0 Å². The second kappa shape index (κ2) is 8.71. The van der Waals surface area contributed by atoms with Crippen LogP contribution in [0.2, 0.25) is 0 Å². The maximum absolute atomic E-state index is 11.7. The molecule has 2 rings (SSSR count). The number of carbonyl (C=O) groups is 1. The predicted octanol–water partition coefficient (Wildman–Crippen LogP) is 2.19. The van der Waals surface area contributed by atoms with E-state index in [-0.39, 0.29) is 17.4 Å². The summed E-state index contributed by atoms with van der Waals surface area (Å²) in [6, 6.07) is 10.9. The van der Waals surface area contributed by atoms with Crippen LogP contribution in [0.25, 0.3) is 0 Å². The Balaban J connectivity index is 1.80. The highest BCUT2D eigenvalue weighted by Gasteiger charge is 2.38. The van der Waals surface area contributed by atoms with Crippen molar-refractivity contribution in [1.29, 1.82) is 0 Å². The second-order valence-electron chi connectivity index (χ2n) is 6.82. The number of rotatable bonds is 7. The molecule has 132 valence electrons. The van der Waals surface area contributed by atoms with E-state index in [1.54, 1.807) is 7.05 Å². The summed E-state index contributed by atoms with van der Waals surface area (Å²) in [6.45, 7) is 5.38. The third kappa shape index (κ3) is 4.98. The van der Waals surface area contributed by atoms with Gasteiger partial charge in [0.25, 0.3) is 0 Å². The average molecular weight is 330 g/mol. The van der Waals surface area contributed by atoms with Crippen LogP contribution in [0.4, 0.5) is 0 Å². The Kier molecular flexibility index (Phi) is 6.64. The molecule has 0 radical (unpaired) electrons. The molecular formula is C19H30N4O. The van der Waals surface area contributed by atoms with Gasteiger partial charge >= 0.3 is 0 Å². The maximum Gasteiger partial charge on any atom is 0.221 e. The summed E-state index contributed by atoms with van der Waals surface area (Å²) >= 11 is 0. The van der Waals surface area contributed by atoms with Crippen LogP contribution in [0.15, 0.2) is 35.3 Å². The molecule has 24 heavy (non-hydrogen) atoms. The van der Waals surface area contributed by atoms with Gasteiger partial charge in [0.2, 0.25) is 5.91 Å². The molecule has 1 saturated carbocycles. The smallest absolute Gasteiger partial charge is 0.221 e. The standard InChI is InChI=1S/C19H30N4O/c1-15(2)23-17(24)10-13-21-18(20-3)22-14-19(11-7-12-19)16-8-5-4-6-9-16/h4-6,8-9,15H,7,10-14H2,1-3H3,(H,23,24)(H2,20,21,22). The molecule has 3 N–H and O–H groups in total. The van der Waals surface area contributed by atoms with Crippen LogP contribution in [0, 0.1) is 0 Å². The van der Waals surface area contributed by atoms with Crippen LogP contribution in [0.5, 0.6) is 0 Å². The number of guanidine groups is 1.